The topological polar surface area (TPSA) is 74.0 Å². The summed E-state index contributed by atoms with van der Waals surface area (Å²) in [5.41, 5.74) is 6.74. The smallest absolute Gasteiger partial charge is 0.227 e. The molecule has 0 radical (unpaired) electrons. The van der Waals surface area contributed by atoms with Crippen LogP contribution in [0.25, 0.3) is 0 Å². The number of nitrogens with two attached hydrogens (primary N) is 1. The molecule has 0 atom stereocenters. The fourth-order valence-corrected chi connectivity index (χ4v) is 2.82. The van der Waals surface area contributed by atoms with Crippen LogP contribution in [-0.2, 0) is 4.79 Å². The van der Waals surface area contributed by atoms with Gasteiger partial charge in [-0.3, -0.25) is 9.79 Å². The minimum Gasteiger partial charge on any atom is -0.370 e. The third-order valence-electron chi connectivity index (χ3n) is 4.38. The van der Waals surface area contributed by atoms with Gasteiger partial charge in [-0.15, -0.1) is 24.0 Å². The first-order valence-electron chi connectivity index (χ1n) is 8.67. The molecule has 1 amide bonds. The molecule has 1 aromatic carbocycles. The fourth-order valence-electron chi connectivity index (χ4n) is 2.70. The van der Waals surface area contributed by atoms with Crippen molar-refractivity contribution in [3.63, 3.8) is 0 Å². The zero-order valence-corrected chi connectivity index (χ0v) is 18.8. The maximum absolute atomic E-state index is 12.0. The van der Waals surface area contributed by atoms with E-state index in [4.69, 9.17) is 17.3 Å². The number of aliphatic imine (C=N–C) groups is 1. The summed E-state index contributed by atoms with van der Waals surface area (Å²) in [6, 6.07) is 7.87. The number of guanidine groups is 1. The summed E-state index contributed by atoms with van der Waals surface area (Å²) in [6.45, 7) is 10.0. The van der Waals surface area contributed by atoms with Crippen LogP contribution < -0.4 is 16.0 Å². The second-order valence-corrected chi connectivity index (χ2v) is 7.30. The van der Waals surface area contributed by atoms with E-state index < -0.39 is 5.41 Å². The lowest BCUT2D eigenvalue weighted by atomic mass is 9.92. The molecule has 0 spiro atoms. The van der Waals surface area contributed by atoms with E-state index in [1.165, 1.54) is 0 Å². The molecule has 8 heteroatoms. The molecule has 1 saturated heterocycles. The Morgan fingerprint density at radius 1 is 1.23 bits per heavy atom. The Morgan fingerprint density at radius 3 is 2.35 bits per heavy atom. The van der Waals surface area contributed by atoms with Crippen molar-refractivity contribution >= 4 is 53.1 Å². The summed E-state index contributed by atoms with van der Waals surface area (Å²) in [5, 5.41) is 3.58. The van der Waals surface area contributed by atoms with Crippen LogP contribution in [0.3, 0.4) is 0 Å². The second kappa shape index (κ2) is 10.2. The first-order valence-corrected chi connectivity index (χ1v) is 9.05. The van der Waals surface area contributed by atoms with Crippen molar-refractivity contribution in [1.29, 1.82) is 0 Å². The molecule has 0 aromatic heterocycles. The van der Waals surface area contributed by atoms with E-state index >= 15 is 0 Å². The number of carbonyl (C=O) groups is 1. The van der Waals surface area contributed by atoms with Gasteiger partial charge in [0.05, 0.1) is 12.0 Å². The van der Waals surface area contributed by atoms with Gasteiger partial charge in [-0.2, -0.15) is 0 Å². The van der Waals surface area contributed by atoms with Gasteiger partial charge >= 0.3 is 0 Å². The van der Waals surface area contributed by atoms with Crippen LogP contribution >= 0.6 is 35.6 Å². The van der Waals surface area contributed by atoms with Gasteiger partial charge in [-0.1, -0.05) is 11.6 Å². The highest BCUT2D eigenvalue weighted by Gasteiger charge is 2.27. The zero-order valence-electron chi connectivity index (χ0n) is 15.7. The summed E-state index contributed by atoms with van der Waals surface area (Å²) in [5.74, 6) is 0.507. The largest absolute Gasteiger partial charge is 0.370 e. The Hall–Kier alpha value is -1.22. The van der Waals surface area contributed by atoms with Crippen LogP contribution in [0.2, 0.25) is 5.02 Å². The van der Waals surface area contributed by atoms with Crippen molar-refractivity contribution in [2.24, 2.45) is 16.1 Å². The standard InChI is InChI=1S/C18H28ClN5O.HI/c1-4-21-16(25)18(2,3)13-22-17(20)24-11-9-23(10-12-24)15-7-5-14(19)6-8-15;/h5-8H,4,9-13H2,1-3H3,(H2,20,22)(H,21,25);1H. The highest BCUT2D eigenvalue weighted by molar-refractivity contribution is 14.0. The zero-order chi connectivity index (χ0) is 18.4. The number of nitrogens with one attached hydrogen (secondary N) is 1. The van der Waals surface area contributed by atoms with E-state index in [1.807, 2.05) is 45.0 Å². The van der Waals surface area contributed by atoms with Crippen molar-refractivity contribution in [3.05, 3.63) is 29.3 Å². The van der Waals surface area contributed by atoms with Gasteiger partial charge in [0.15, 0.2) is 5.96 Å². The van der Waals surface area contributed by atoms with Crippen LogP contribution in [0.4, 0.5) is 5.69 Å². The number of amides is 1. The molecule has 0 saturated carbocycles. The average molecular weight is 494 g/mol. The average Bonchev–Trinajstić information content (AvgIpc) is 2.61. The Balaban J connectivity index is 0.00000338. The maximum Gasteiger partial charge on any atom is 0.227 e. The quantitative estimate of drug-likeness (QED) is 0.376. The van der Waals surface area contributed by atoms with E-state index in [9.17, 15) is 4.79 Å². The van der Waals surface area contributed by atoms with Crippen LogP contribution in [-0.4, -0.2) is 56.0 Å². The van der Waals surface area contributed by atoms with Crippen molar-refractivity contribution in [2.75, 3.05) is 44.2 Å². The number of benzene rings is 1. The molecule has 146 valence electrons. The van der Waals surface area contributed by atoms with Gasteiger partial charge in [0, 0.05) is 43.4 Å². The number of hydrogen-bond acceptors (Lipinski definition) is 3. The van der Waals surface area contributed by atoms with Crippen LogP contribution in [0.5, 0.6) is 0 Å². The number of carbonyl (C=O) groups excluding carboxylic acids is 1. The minimum atomic E-state index is -0.564. The van der Waals surface area contributed by atoms with Gasteiger partial charge in [0.2, 0.25) is 5.91 Å². The molecular weight excluding hydrogens is 465 g/mol. The Bertz CT molecular complexity index is 613. The monoisotopic (exact) mass is 493 g/mol. The summed E-state index contributed by atoms with van der Waals surface area (Å²) >= 11 is 5.94. The number of anilines is 1. The number of nitrogens with zero attached hydrogens (tertiary/aromatic N) is 3. The normalized spacial score (nSPS) is 15.5. The highest BCUT2D eigenvalue weighted by Crippen LogP contribution is 2.20. The van der Waals surface area contributed by atoms with Gasteiger partial charge in [-0.25, -0.2) is 0 Å². The minimum absolute atomic E-state index is 0. The van der Waals surface area contributed by atoms with Crippen molar-refractivity contribution < 1.29 is 4.79 Å². The molecule has 1 fully saturated rings. The lowest BCUT2D eigenvalue weighted by Gasteiger charge is -2.36. The van der Waals surface area contributed by atoms with Gasteiger partial charge in [0.25, 0.3) is 0 Å². The Morgan fingerprint density at radius 2 is 1.81 bits per heavy atom. The predicted octanol–water partition coefficient (Wildman–Crippen LogP) is 2.56. The summed E-state index contributed by atoms with van der Waals surface area (Å²) in [7, 11) is 0. The summed E-state index contributed by atoms with van der Waals surface area (Å²) in [4.78, 5) is 20.9. The van der Waals surface area contributed by atoms with Gasteiger partial charge < -0.3 is 20.9 Å². The van der Waals surface area contributed by atoms with Crippen LogP contribution in [0, 0.1) is 5.41 Å². The van der Waals surface area contributed by atoms with Crippen LogP contribution in [0.15, 0.2) is 29.3 Å². The molecule has 1 aliphatic rings. The third-order valence-corrected chi connectivity index (χ3v) is 4.64. The summed E-state index contributed by atoms with van der Waals surface area (Å²) in [6.07, 6.45) is 0. The number of halogens is 2. The second-order valence-electron chi connectivity index (χ2n) is 6.87. The molecule has 0 aliphatic carbocycles. The van der Waals surface area contributed by atoms with Crippen molar-refractivity contribution in [2.45, 2.75) is 20.8 Å². The molecule has 26 heavy (non-hydrogen) atoms. The van der Waals surface area contributed by atoms with E-state index in [2.05, 4.69) is 20.1 Å². The maximum atomic E-state index is 12.0. The molecular formula is C18H29ClIN5O. The molecule has 0 bridgehead atoms. The number of piperazine rings is 1. The Kier molecular flexibility index (Phi) is 8.95. The van der Waals surface area contributed by atoms with Crippen LogP contribution in [0.1, 0.15) is 20.8 Å². The molecule has 1 aromatic rings. The highest BCUT2D eigenvalue weighted by atomic mass is 127. The Labute approximate surface area is 178 Å². The van der Waals surface area contributed by atoms with E-state index in [0.717, 1.165) is 36.9 Å². The summed E-state index contributed by atoms with van der Waals surface area (Å²) < 4.78 is 0. The first kappa shape index (κ1) is 22.8. The predicted molar refractivity (Wildman–Crippen MR) is 120 cm³/mol. The molecule has 0 unspecified atom stereocenters. The van der Waals surface area contributed by atoms with Gasteiger partial charge in [-0.05, 0) is 45.0 Å². The van der Waals surface area contributed by atoms with E-state index in [-0.39, 0.29) is 29.9 Å². The van der Waals surface area contributed by atoms with E-state index in [1.54, 1.807) is 0 Å². The number of hydrogen-bond donors (Lipinski definition) is 2. The SMILES string of the molecule is CCNC(=O)C(C)(C)CN=C(N)N1CCN(c2ccc(Cl)cc2)CC1.I. The van der Waals surface area contributed by atoms with Gasteiger partial charge in [0.1, 0.15) is 0 Å². The first-order chi connectivity index (χ1) is 11.8. The molecule has 6 nitrogen and oxygen atoms in total. The third kappa shape index (κ3) is 6.19. The molecule has 3 N–H and O–H groups in total. The molecule has 2 rings (SSSR count). The van der Waals surface area contributed by atoms with E-state index in [0.29, 0.717) is 19.0 Å². The fraction of sp³-hybridized carbons (Fsp3) is 0.556. The molecule has 1 aliphatic heterocycles. The lowest BCUT2D eigenvalue weighted by Crippen LogP contribution is -2.51. The number of rotatable bonds is 5. The molecule has 1 heterocycles. The van der Waals surface area contributed by atoms with Crippen molar-refractivity contribution in [3.8, 4) is 0 Å². The lowest BCUT2D eigenvalue weighted by molar-refractivity contribution is -0.128. The van der Waals surface area contributed by atoms with Crippen molar-refractivity contribution in [1.82, 2.24) is 10.2 Å².